The number of benzene rings is 1. The zero-order valence-electron chi connectivity index (χ0n) is 10.00. The molecule has 1 rings (SSSR count). The number of carbonyl (C=O) groups is 1. The Hall–Kier alpha value is -1.52. The molecule has 0 aliphatic heterocycles. The average Bonchev–Trinajstić information content (AvgIpc) is 2.24. The molecule has 0 aromatic heterocycles. The van der Waals surface area contributed by atoms with Crippen LogP contribution in [0.3, 0.4) is 0 Å². The minimum absolute atomic E-state index is 0.000301. The van der Waals surface area contributed by atoms with Crippen molar-refractivity contribution in [1.82, 2.24) is 0 Å². The fraction of sp³-hybridized carbons (Fsp3) is 0.462. The summed E-state index contributed by atoms with van der Waals surface area (Å²) in [6.07, 6.45) is -5.34. The quantitative estimate of drug-likeness (QED) is 0.871. The number of aryl methyl sites for hydroxylation is 1. The Labute approximate surface area is 103 Å². The highest BCUT2D eigenvalue weighted by Crippen LogP contribution is 2.29. The predicted octanol–water partition coefficient (Wildman–Crippen LogP) is 3.90. The second kappa shape index (κ2) is 5.89. The molecule has 0 aliphatic carbocycles. The minimum atomic E-state index is -4.23. The Kier molecular flexibility index (Phi) is 4.76. The number of aliphatic carboxylic acids is 1. The Bertz CT molecular complexity index is 413. The van der Waals surface area contributed by atoms with Crippen LogP contribution >= 0.6 is 0 Å². The van der Waals surface area contributed by atoms with Crippen molar-refractivity contribution in [3.63, 3.8) is 0 Å². The van der Waals surface area contributed by atoms with Crippen molar-refractivity contribution >= 4 is 5.97 Å². The summed E-state index contributed by atoms with van der Waals surface area (Å²) in [4.78, 5) is 11.1. The molecular weight excluding hydrogens is 245 g/mol. The van der Waals surface area contributed by atoms with Gasteiger partial charge in [-0.1, -0.05) is 24.3 Å². The minimum Gasteiger partial charge on any atom is -0.481 e. The van der Waals surface area contributed by atoms with Crippen molar-refractivity contribution in [3.8, 4) is 0 Å². The van der Waals surface area contributed by atoms with Crippen LogP contribution in [0.15, 0.2) is 24.3 Å². The second-order valence-corrected chi connectivity index (χ2v) is 4.25. The van der Waals surface area contributed by atoms with Gasteiger partial charge >= 0.3 is 12.1 Å². The maximum absolute atomic E-state index is 12.0. The third kappa shape index (κ3) is 4.39. The molecular formula is C13H15F3O2. The van der Waals surface area contributed by atoms with Gasteiger partial charge in [-0.25, -0.2) is 0 Å². The average molecular weight is 260 g/mol. The molecule has 1 aromatic rings. The Morgan fingerprint density at radius 2 is 1.94 bits per heavy atom. The molecule has 1 N–H and O–H groups in total. The monoisotopic (exact) mass is 260 g/mol. The van der Waals surface area contributed by atoms with E-state index in [9.17, 15) is 18.0 Å². The van der Waals surface area contributed by atoms with E-state index in [1.807, 2.05) is 0 Å². The number of hydrogen-bond acceptors (Lipinski definition) is 1. The SMILES string of the molecule is Cc1ccccc1C(CCCC(F)(F)F)C(=O)O. The summed E-state index contributed by atoms with van der Waals surface area (Å²) < 4.78 is 36.1. The summed E-state index contributed by atoms with van der Waals surface area (Å²) in [6, 6.07) is 6.88. The largest absolute Gasteiger partial charge is 0.481 e. The number of halogens is 3. The van der Waals surface area contributed by atoms with Crippen LogP contribution in [-0.4, -0.2) is 17.3 Å². The molecule has 0 heterocycles. The van der Waals surface area contributed by atoms with Crippen LogP contribution < -0.4 is 0 Å². The van der Waals surface area contributed by atoms with Crippen molar-refractivity contribution < 1.29 is 23.1 Å². The van der Waals surface area contributed by atoms with Crippen molar-refractivity contribution in [2.75, 3.05) is 0 Å². The Balaban J connectivity index is 2.73. The van der Waals surface area contributed by atoms with Gasteiger partial charge in [-0.15, -0.1) is 0 Å². The maximum Gasteiger partial charge on any atom is 0.389 e. The molecule has 0 fully saturated rings. The normalized spacial score (nSPS) is 13.3. The zero-order valence-corrected chi connectivity index (χ0v) is 10.00. The molecule has 0 aliphatic rings. The lowest BCUT2D eigenvalue weighted by atomic mass is 9.90. The third-order valence-electron chi connectivity index (χ3n) is 2.82. The number of alkyl halides is 3. The fourth-order valence-electron chi connectivity index (χ4n) is 1.90. The summed E-state index contributed by atoms with van der Waals surface area (Å²) in [5.41, 5.74) is 1.38. The van der Waals surface area contributed by atoms with Gasteiger partial charge in [0.05, 0.1) is 5.92 Å². The first-order valence-electron chi connectivity index (χ1n) is 5.66. The van der Waals surface area contributed by atoms with Gasteiger partial charge in [-0.2, -0.15) is 13.2 Å². The van der Waals surface area contributed by atoms with E-state index in [1.54, 1.807) is 31.2 Å². The number of hydrogen-bond donors (Lipinski definition) is 1. The van der Waals surface area contributed by atoms with E-state index in [1.165, 1.54) is 0 Å². The highest BCUT2D eigenvalue weighted by molar-refractivity contribution is 5.76. The highest BCUT2D eigenvalue weighted by atomic mass is 19.4. The molecule has 100 valence electrons. The molecule has 18 heavy (non-hydrogen) atoms. The van der Waals surface area contributed by atoms with Crippen LogP contribution in [-0.2, 0) is 4.79 Å². The van der Waals surface area contributed by atoms with Crippen molar-refractivity contribution in [3.05, 3.63) is 35.4 Å². The van der Waals surface area contributed by atoms with Gasteiger partial charge in [0.15, 0.2) is 0 Å². The first-order chi connectivity index (χ1) is 8.31. The van der Waals surface area contributed by atoms with E-state index in [0.29, 0.717) is 5.56 Å². The molecule has 0 bridgehead atoms. The number of rotatable bonds is 5. The summed E-state index contributed by atoms with van der Waals surface area (Å²) >= 11 is 0. The zero-order chi connectivity index (χ0) is 13.8. The summed E-state index contributed by atoms with van der Waals surface area (Å²) in [6.45, 7) is 1.76. The van der Waals surface area contributed by atoms with Crippen LogP contribution in [0, 0.1) is 6.92 Å². The second-order valence-electron chi connectivity index (χ2n) is 4.25. The summed E-state index contributed by atoms with van der Waals surface area (Å²) in [7, 11) is 0. The van der Waals surface area contributed by atoms with Crippen LogP contribution in [0.1, 0.15) is 36.3 Å². The van der Waals surface area contributed by atoms with Crippen molar-refractivity contribution in [2.45, 2.75) is 38.3 Å². The first kappa shape index (κ1) is 14.5. The topological polar surface area (TPSA) is 37.3 Å². The van der Waals surface area contributed by atoms with Crippen LogP contribution in [0.2, 0.25) is 0 Å². The first-order valence-corrected chi connectivity index (χ1v) is 5.66. The van der Waals surface area contributed by atoms with Crippen LogP contribution in [0.5, 0.6) is 0 Å². The third-order valence-corrected chi connectivity index (χ3v) is 2.82. The van der Waals surface area contributed by atoms with Crippen LogP contribution in [0.4, 0.5) is 13.2 Å². The predicted molar refractivity (Wildman–Crippen MR) is 61.5 cm³/mol. The lowest BCUT2D eigenvalue weighted by Crippen LogP contribution is -2.15. The molecule has 2 nitrogen and oxygen atoms in total. The molecule has 0 radical (unpaired) electrons. The van der Waals surface area contributed by atoms with E-state index in [2.05, 4.69) is 0 Å². The smallest absolute Gasteiger partial charge is 0.389 e. The van der Waals surface area contributed by atoms with Gasteiger partial charge in [-0.3, -0.25) is 4.79 Å². The molecule has 5 heteroatoms. The molecule has 0 saturated heterocycles. The van der Waals surface area contributed by atoms with Gasteiger partial charge < -0.3 is 5.11 Å². The molecule has 0 spiro atoms. The van der Waals surface area contributed by atoms with Crippen molar-refractivity contribution in [1.29, 1.82) is 0 Å². The summed E-state index contributed by atoms with van der Waals surface area (Å²) in [5.74, 6) is -1.94. The number of carboxylic acid groups (broad SMARTS) is 1. The standard InChI is InChI=1S/C13H15F3O2/c1-9-5-2-3-6-10(9)11(12(17)18)7-4-8-13(14,15)16/h2-3,5-6,11H,4,7-8H2,1H3,(H,17,18). The van der Waals surface area contributed by atoms with Gasteiger partial charge in [-0.05, 0) is 30.9 Å². The van der Waals surface area contributed by atoms with E-state index >= 15 is 0 Å². The fourth-order valence-corrected chi connectivity index (χ4v) is 1.90. The van der Waals surface area contributed by atoms with Gasteiger partial charge in [0.25, 0.3) is 0 Å². The van der Waals surface area contributed by atoms with Gasteiger partial charge in [0, 0.05) is 6.42 Å². The molecule has 1 atom stereocenters. The lowest BCUT2D eigenvalue weighted by molar-refractivity contribution is -0.142. The van der Waals surface area contributed by atoms with E-state index < -0.39 is 24.5 Å². The molecule has 1 unspecified atom stereocenters. The van der Waals surface area contributed by atoms with E-state index in [0.717, 1.165) is 5.56 Å². The maximum atomic E-state index is 12.0. The molecule has 1 aromatic carbocycles. The van der Waals surface area contributed by atoms with E-state index in [4.69, 9.17) is 5.11 Å². The molecule has 0 saturated carbocycles. The number of carboxylic acids is 1. The van der Waals surface area contributed by atoms with Crippen molar-refractivity contribution in [2.24, 2.45) is 0 Å². The highest BCUT2D eigenvalue weighted by Gasteiger charge is 2.28. The Morgan fingerprint density at radius 1 is 1.33 bits per heavy atom. The summed E-state index contributed by atoms with van der Waals surface area (Å²) in [5, 5.41) is 9.10. The molecule has 0 amide bonds. The van der Waals surface area contributed by atoms with E-state index in [-0.39, 0.29) is 12.8 Å². The van der Waals surface area contributed by atoms with Crippen LogP contribution in [0.25, 0.3) is 0 Å². The Morgan fingerprint density at radius 3 is 2.44 bits per heavy atom. The lowest BCUT2D eigenvalue weighted by Gasteiger charge is -2.15. The van der Waals surface area contributed by atoms with Gasteiger partial charge in [0.1, 0.15) is 0 Å². The van der Waals surface area contributed by atoms with Gasteiger partial charge in [0.2, 0.25) is 0 Å².